The smallest absolute Gasteiger partial charge is 0.120 e. The Hall–Kier alpha value is -0.0200. The fourth-order valence-electron chi connectivity index (χ4n) is 2.50. The SMILES string of the molecule is COc1ccc(C(Br)CC(C)CC(C)(C)C)c(Br)c1. The van der Waals surface area contributed by atoms with Crippen LogP contribution in [-0.2, 0) is 0 Å². The first-order chi connectivity index (χ1) is 8.73. The Morgan fingerprint density at radius 2 is 1.89 bits per heavy atom. The van der Waals surface area contributed by atoms with Gasteiger partial charge in [-0.2, -0.15) is 0 Å². The first-order valence-electron chi connectivity index (χ1n) is 6.70. The predicted octanol–water partition coefficient (Wildman–Crippen LogP) is 6.36. The molecule has 0 aliphatic carbocycles. The third-order valence-corrected chi connectivity index (χ3v) is 4.67. The maximum Gasteiger partial charge on any atom is 0.120 e. The van der Waals surface area contributed by atoms with Crippen molar-refractivity contribution < 1.29 is 4.74 Å². The van der Waals surface area contributed by atoms with Crippen LogP contribution in [0, 0.1) is 11.3 Å². The minimum atomic E-state index is 0.380. The van der Waals surface area contributed by atoms with Gasteiger partial charge in [0.25, 0.3) is 0 Å². The molecule has 19 heavy (non-hydrogen) atoms. The molecule has 2 atom stereocenters. The Kier molecular flexibility index (Phi) is 6.38. The van der Waals surface area contributed by atoms with Crippen LogP contribution in [-0.4, -0.2) is 7.11 Å². The third-order valence-electron chi connectivity index (χ3n) is 3.12. The predicted molar refractivity (Wildman–Crippen MR) is 90.2 cm³/mol. The van der Waals surface area contributed by atoms with Crippen molar-refractivity contribution in [2.45, 2.75) is 45.4 Å². The summed E-state index contributed by atoms with van der Waals surface area (Å²) >= 11 is 7.45. The molecule has 1 aromatic carbocycles. The molecule has 0 fully saturated rings. The molecule has 0 aliphatic rings. The summed E-state index contributed by atoms with van der Waals surface area (Å²) in [7, 11) is 1.69. The Bertz CT molecular complexity index is 410. The Labute approximate surface area is 134 Å². The fraction of sp³-hybridized carbons (Fsp3) is 0.625. The highest BCUT2D eigenvalue weighted by Gasteiger charge is 2.20. The zero-order valence-corrected chi connectivity index (χ0v) is 15.6. The van der Waals surface area contributed by atoms with Gasteiger partial charge < -0.3 is 4.74 Å². The van der Waals surface area contributed by atoms with Crippen LogP contribution in [0.1, 0.15) is 50.9 Å². The molecule has 0 amide bonds. The molecule has 0 spiro atoms. The van der Waals surface area contributed by atoms with Gasteiger partial charge >= 0.3 is 0 Å². The van der Waals surface area contributed by atoms with Gasteiger partial charge in [-0.3, -0.25) is 0 Å². The summed E-state index contributed by atoms with van der Waals surface area (Å²) in [6.45, 7) is 9.24. The van der Waals surface area contributed by atoms with Gasteiger partial charge in [0.05, 0.1) is 7.11 Å². The lowest BCUT2D eigenvalue weighted by atomic mass is 9.83. The molecule has 0 N–H and O–H groups in total. The molecule has 0 bridgehead atoms. The lowest BCUT2D eigenvalue weighted by Gasteiger charge is -2.25. The van der Waals surface area contributed by atoms with Crippen molar-refractivity contribution >= 4 is 31.9 Å². The first-order valence-corrected chi connectivity index (χ1v) is 8.41. The first kappa shape index (κ1) is 17.0. The van der Waals surface area contributed by atoms with Crippen molar-refractivity contribution in [2.75, 3.05) is 7.11 Å². The van der Waals surface area contributed by atoms with Gasteiger partial charge in [-0.1, -0.05) is 65.6 Å². The second-order valence-electron chi connectivity index (χ2n) is 6.46. The third kappa shape index (κ3) is 5.86. The molecular formula is C16H24Br2O. The molecule has 0 aliphatic heterocycles. The number of ether oxygens (including phenoxy) is 1. The average Bonchev–Trinajstić information content (AvgIpc) is 2.25. The van der Waals surface area contributed by atoms with Gasteiger partial charge in [-0.25, -0.2) is 0 Å². The van der Waals surface area contributed by atoms with Crippen LogP contribution in [0.15, 0.2) is 22.7 Å². The molecule has 2 unspecified atom stereocenters. The minimum Gasteiger partial charge on any atom is -0.497 e. The molecule has 1 nitrogen and oxygen atoms in total. The number of hydrogen-bond donors (Lipinski definition) is 0. The summed E-state index contributed by atoms with van der Waals surface area (Å²) in [5, 5.41) is 0. The molecule has 3 heteroatoms. The molecule has 0 radical (unpaired) electrons. The van der Waals surface area contributed by atoms with E-state index in [9.17, 15) is 0 Å². The summed E-state index contributed by atoms with van der Waals surface area (Å²) in [5.74, 6) is 1.58. The number of methoxy groups -OCH3 is 1. The van der Waals surface area contributed by atoms with Gasteiger partial charge in [0.1, 0.15) is 5.75 Å². The summed E-state index contributed by atoms with van der Waals surface area (Å²) < 4.78 is 6.34. The van der Waals surface area contributed by atoms with E-state index in [-0.39, 0.29) is 0 Å². The van der Waals surface area contributed by atoms with Crippen LogP contribution >= 0.6 is 31.9 Å². The number of rotatable bonds is 5. The standard InChI is InChI=1S/C16H24Br2O/c1-11(10-16(2,3)4)8-14(17)13-7-6-12(19-5)9-15(13)18/h6-7,9,11,14H,8,10H2,1-5H3. The summed E-state index contributed by atoms with van der Waals surface area (Å²) in [5.41, 5.74) is 1.69. The number of hydrogen-bond acceptors (Lipinski definition) is 1. The average molecular weight is 392 g/mol. The van der Waals surface area contributed by atoms with E-state index in [1.165, 1.54) is 12.0 Å². The minimum absolute atomic E-state index is 0.380. The van der Waals surface area contributed by atoms with Gasteiger partial charge in [-0.15, -0.1) is 0 Å². The van der Waals surface area contributed by atoms with E-state index < -0.39 is 0 Å². The monoisotopic (exact) mass is 390 g/mol. The number of alkyl halides is 1. The van der Waals surface area contributed by atoms with Gasteiger partial charge in [0, 0.05) is 9.30 Å². The van der Waals surface area contributed by atoms with Crippen LogP contribution in [0.5, 0.6) is 5.75 Å². The molecule has 108 valence electrons. The van der Waals surface area contributed by atoms with E-state index in [1.54, 1.807) is 7.11 Å². The summed E-state index contributed by atoms with van der Waals surface area (Å²) in [6, 6.07) is 6.17. The van der Waals surface area contributed by atoms with Gasteiger partial charge in [-0.05, 0) is 41.9 Å². The van der Waals surface area contributed by atoms with Crippen LogP contribution < -0.4 is 4.74 Å². The highest BCUT2D eigenvalue weighted by Crippen LogP contribution is 2.38. The van der Waals surface area contributed by atoms with Crippen molar-refractivity contribution in [3.8, 4) is 5.75 Å². The van der Waals surface area contributed by atoms with Crippen molar-refractivity contribution in [2.24, 2.45) is 11.3 Å². The van der Waals surface area contributed by atoms with Crippen molar-refractivity contribution in [3.05, 3.63) is 28.2 Å². The quantitative estimate of drug-likeness (QED) is 0.530. The van der Waals surface area contributed by atoms with E-state index in [0.29, 0.717) is 16.2 Å². The Balaban J connectivity index is 2.70. The lowest BCUT2D eigenvalue weighted by Crippen LogP contribution is -2.12. The van der Waals surface area contributed by atoms with Gasteiger partial charge in [0.2, 0.25) is 0 Å². The zero-order valence-electron chi connectivity index (χ0n) is 12.5. The van der Waals surface area contributed by atoms with Crippen molar-refractivity contribution in [1.82, 2.24) is 0 Å². The number of benzene rings is 1. The van der Waals surface area contributed by atoms with Gasteiger partial charge in [0.15, 0.2) is 0 Å². The summed E-state index contributed by atoms with van der Waals surface area (Å²) in [6.07, 6.45) is 2.38. The normalized spacial score (nSPS) is 15.1. The largest absolute Gasteiger partial charge is 0.497 e. The van der Waals surface area contributed by atoms with E-state index in [1.807, 2.05) is 12.1 Å². The van der Waals surface area contributed by atoms with Crippen molar-refractivity contribution in [1.29, 1.82) is 0 Å². The van der Waals surface area contributed by atoms with Crippen LogP contribution in [0.4, 0.5) is 0 Å². The second-order valence-corrected chi connectivity index (χ2v) is 8.42. The fourth-order valence-corrected chi connectivity index (χ4v) is 4.48. The van der Waals surface area contributed by atoms with E-state index in [4.69, 9.17) is 4.74 Å². The van der Waals surface area contributed by atoms with Crippen LogP contribution in [0.25, 0.3) is 0 Å². The highest BCUT2D eigenvalue weighted by atomic mass is 79.9. The second kappa shape index (κ2) is 7.12. The van der Waals surface area contributed by atoms with E-state index >= 15 is 0 Å². The lowest BCUT2D eigenvalue weighted by molar-refractivity contribution is 0.296. The number of halogens is 2. The maximum atomic E-state index is 5.23. The summed E-state index contributed by atoms with van der Waals surface area (Å²) in [4.78, 5) is 0.380. The van der Waals surface area contributed by atoms with Crippen molar-refractivity contribution in [3.63, 3.8) is 0 Å². The molecule has 0 aromatic heterocycles. The zero-order chi connectivity index (χ0) is 14.6. The molecule has 1 aromatic rings. The molecule has 0 saturated carbocycles. The maximum absolute atomic E-state index is 5.23. The molecule has 0 saturated heterocycles. The highest BCUT2D eigenvalue weighted by molar-refractivity contribution is 9.11. The molecular weight excluding hydrogens is 368 g/mol. The van der Waals surface area contributed by atoms with Crippen LogP contribution in [0.2, 0.25) is 0 Å². The Morgan fingerprint density at radius 1 is 1.26 bits per heavy atom. The molecule has 0 heterocycles. The van der Waals surface area contributed by atoms with E-state index in [2.05, 4.69) is 65.6 Å². The molecule has 1 rings (SSSR count). The Morgan fingerprint density at radius 3 is 2.37 bits per heavy atom. The van der Waals surface area contributed by atoms with E-state index in [0.717, 1.165) is 16.6 Å². The topological polar surface area (TPSA) is 9.23 Å². The van der Waals surface area contributed by atoms with Crippen LogP contribution in [0.3, 0.4) is 0 Å².